The molecule has 1 amide bonds. The molecular weight excluding hydrogens is 417 g/mol. The van der Waals surface area contributed by atoms with E-state index in [2.05, 4.69) is 34.1 Å². The zero-order valence-corrected chi connectivity index (χ0v) is 18.7. The number of nitrogens with zero attached hydrogens (tertiary/aromatic N) is 3. The first kappa shape index (κ1) is 22.8. The summed E-state index contributed by atoms with van der Waals surface area (Å²) in [6.45, 7) is 6.11. The minimum absolute atomic E-state index is 0.0426. The molecule has 174 valence electrons. The SMILES string of the molecule is C[C@@H]1C[C@H](C(=O)NCC2CCN(C)CC2)CN(c2ccc(C(F)(F)F)c3ncccc23)C1. The number of rotatable bonds is 4. The molecule has 8 heteroatoms. The lowest BCUT2D eigenvalue weighted by Gasteiger charge is -2.38. The molecule has 1 aromatic carbocycles. The molecule has 0 unspecified atom stereocenters. The van der Waals surface area contributed by atoms with Crippen LogP contribution in [0.3, 0.4) is 0 Å². The van der Waals surface area contributed by atoms with Gasteiger partial charge < -0.3 is 15.1 Å². The maximum atomic E-state index is 13.5. The molecule has 1 aromatic heterocycles. The Morgan fingerprint density at radius 1 is 1.19 bits per heavy atom. The highest BCUT2D eigenvalue weighted by atomic mass is 19.4. The molecule has 2 saturated heterocycles. The van der Waals surface area contributed by atoms with Gasteiger partial charge in [0.2, 0.25) is 5.91 Å². The smallest absolute Gasteiger partial charge is 0.370 e. The van der Waals surface area contributed by atoms with E-state index < -0.39 is 11.7 Å². The second-order valence-corrected chi connectivity index (χ2v) is 9.46. The van der Waals surface area contributed by atoms with Crippen molar-refractivity contribution in [3.05, 3.63) is 36.0 Å². The number of nitrogens with one attached hydrogen (secondary N) is 1. The van der Waals surface area contributed by atoms with Crippen LogP contribution in [-0.2, 0) is 11.0 Å². The van der Waals surface area contributed by atoms with E-state index in [9.17, 15) is 18.0 Å². The Hall–Kier alpha value is -2.35. The Balaban J connectivity index is 1.50. The standard InChI is InChI=1S/C24H31F3N4O/c1-16-12-18(23(32)29-13-17-7-10-30(2)11-8-17)15-31(14-16)21-6-5-20(24(25,26)27)22-19(21)4-3-9-28-22/h3-6,9,16-18H,7-8,10-15H2,1-2H3,(H,29,32)/t16-,18+/m1/s1. The number of hydrogen-bond donors (Lipinski definition) is 1. The molecule has 2 aliphatic heterocycles. The monoisotopic (exact) mass is 448 g/mol. The van der Waals surface area contributed by atoms with Crippen molar-refractivity contribution in [1.82, 2.24) is 15.2 Å². The van der Waals surface area contributed by atoms with Crippen LogP contribution in [0.25, 0.3) is 10.9 Å². The van der Waals surface area contributed by atoms with E-state index in [1.54, 1.807) is 12.1 Å². The van der Waals surface area contributed by atoms with Gasteiger partial charge in [-0.2, -0.15) is 13.2 Å². The third-order valence-corrected chi connectivity index (χ3v) is 6.83. The number of piperidine rings is 2. The molecule has 2 aliphatic rings. The molecule has 0 spiro atoms. The molecule has 0 bridgehead atoms. The second kappa shape index (κ2) is 9.25. The molecule has 0 radical (unpaired) electrons. The third-order valence-electron chi connectivity index (χ3n) is 6.83. The van der Waals surface area contributed by atoms with Crippen molar-refractivity contribution >= 4 is 22.5 Å². The van der Waals surface area contributed by atoms with E-state index in [1.165, 1.54) is 12.3 Å². The van der Waals surface area contributed by atoms with Crippen molar-refractivity contribution in [3.8, 4) is 0 Å². The molecule has 2 fully saturated rings. The maximum Gasteiger partial charge on any atom is 0.418 e. The van der Waals surface area contributed by atoms with Crippen LogP contribution in [0.4, 0.5) is 18.9 Å². The largest absolute Gasteiger partial charge is 0.418 e. The molecule has 4 rings (SSSR count). The molecule has 3 heterocycles. The van der Waals surface area contributed by atoms with Crippen LogP contribution >= 0.6 is 0 Å². The number of hydrogen-bond acceptors (Lipinski definition) is 4. The number of benzene rings is 1. The zero-order chi connectivity index (χ0) is 22.9. The fraction of sp³-hybridized carbons (Fsp3) is 0.583. The number of amides is 1. The summed E-state index contributed by atoms with van der Waals surface area (Å²) in [4.78, 5) is 21.4. The molecule has 32 heavy (non-hydrogen) atoms. The van der Waals surface area contributed by atoms with E-state index >= 15 is 0 Å². The van der Waals surface area contributed by atoms with Gasteiger partial charge >= 0.3 is 6.18 Å². The van der Waals surface area contributed by atoms with Crippen molar-refractivity contribution < 1.29 is 18.0 Å². The van der Waals surface area contributed by atoms with Crippen LogP contribution in [0.5, 0.6) is 0 Å². The van der Waals surface area contributed by atoms with Gasteiger partial charge in [0.1, 0.15) is 0 Å². The highest BCUT2D eigenvalue weighted by molar-refractivity contribution is 5.94. The highest BCUT2D eigenvalue weighted by Crippen LogP contribution is 2.39. The number of alkyl halides is 3. The summed E-state index contributed by atoms with van der Waals surface area (Å²) < 4.78 is 40.4. The van der Waals surface area contributed by atoms with Crippen molar-refractivity contribution in [1.29, 1.82) is 0 Å². The predicted octanol–water partition coefficient (Wildman–Crippen LogP) is 4.17. The Labute approximate surface area is 187 Å². The summed E-state index contributed by atoms with van der Waals surface area (Å²) in [5.74, 6) is 0.642. The normalized spacial score (nSPS) is 23.5. The number of anilines is 1. The van der Waals surface area contributed by atoms with E-state index in [4.69, 9.17) is 0 Å². The Morgan fingerprint density at radius 3 is 2.66 bits per heavy atom. The lowest BCUT2D eigenvalue weighted by atomic mass is 9.88. The summed E-state index contributed by atoms with van der Waals surface area (Å²) >= 11 is 0. The Morgan fingerprint density at radius 2 is 1.94 bits per heavy atom. The van der Waals surface area contributed by atoms with Crippen molar-refractivity contribution in [2.45, 2.75) is 32.4 Å². The van der Waals surface area contributed by atoms with E-state index in [-0.39, 0.29) is 23.3 Å². The van der Waals surface area contributed by atoms with Crippen LogP contribution in [0.15, 0.2) is 30.5 Å². The second-order valence-electron chi connectivity index (χ2n) is 9.46. The van der Waals surface area contributed by atoms with Crippen molar-refractivity contribution in [3.63, 3.8) is 0 Å². The average molecular weight is 449 g/mol. The van der Waals surface area contributed by atoms with Gasteiger partial charge in [-0.1, -0.05) is 6.92 Å². The number of carbonyl (C=O) groups excluding carboxylic acids is 1. The minimum Gasteiger partial charge on any atom is -0.370 e. The van der Waals surface area contributed by atoms with Crippen LogP contribution < -0.4 is 10.2 Å². The lowest BCUT2D eigenvalue weighted by molar-refractivity contribution is -0.136. The predicted molar refractivity (Wildman–Crippen MR) is 119 cm³/mol. The molecule has 2 atom stereocenters. The first-order valence-corrected chi connectivity index (χ1v) is 11.4. The minimum atomic E-state index is -4.46. The lowest BCUT2D eigenvalue weighted by Crippen LogP contribution is -2.47. The van der Waals surface area contributed by atoms with Gasteiger partial charge in [0.15, 0.2) is 0 Å². The number of likely N-dealkylation sites (tertiary alicyclic amines) is 1. The van der Waals surface area contributed by atoms with Gasteiger partial charge in [0, 0.05) is 36.9 Å². The van der Waals surface area contributed by atoms with Crippen LogP contribution in [0.1, 0.15) is 31.7 Å². The fourth-order valence-electron chi connectivity index (χ4n) is 5.06. The number of carbonyl (C=O) groups is 1. The van der Waals surface area contributed by atoms with Gasteiger partial charge in [-0.15, -0.1) is 0 Å². The number of aromatic nitrogens is 1. The van der Waals surface area contributed by atoms with Crippen LogP contribution in [-0.4, -0.2) is 55.6 Å². The van der Waals surface area contributed by atoms with Gasteiger partial charge in [-0.25, -0.2) is 0 Å². The van der Waals surface area contributed by atoms with Crippen LogP contribution in [0, 0.1) is 17.8 Å². The fourth-order valence-corrected chi connectivity index (χ4v) is 5.06. The summed E-state index contributed by atoms with van der Waals surface area (Å²) in [6, 6.07) is 5.98. The van der Waals surface area contributed by atoms with Crippen molar-refractivity contribution in [2.75, 3.05) is 44.7 Å². The quantitative estimate of drug-likeness (QED) is 0.763. The summed E-state index contributed by atoms with van der Waals surface area (Å²) in [7, 11) is 2.12. The molecule has 2 aromatic rings. The van der Waals surface area contributed by atoms with E-state index in [0.29, 0.717) is 36.6 Å². The summed E-state index contributed by atoms with van der Waals surface area (Å²) in [5.41, 5.74) is -0.0610. The van der Waals surface area contributed by atoms with E-state index in [0.717, 1.165) is 38.4 Å². The topological polar surface area (TPSA) is 48.5 Å². The number of pyridine rings is 1. The first-order chi connectivity index (χ1) is 15.2. The molecular formula is C24H31F3N4O. The maximum absolute atomic E-state index is 13.5. The Bertz CT molecular complexity index is 956. The average Bonchev–Trinajstić information content (AvgIpc) is 2.76. The number of halogens is 3. The third kappa shape index (κ3) is 5.00. The highest BCUT2D eigenvalue weighted by Gasteiger charge is 2.35. The molecule has 1 N–H and O–H groups in total. The van der Waals surface area contributed by atoms with Gasteiger partial charge in [-0.05, 0) is 75.5 Å². The molecule has 0 aliphatic carbocycles. The number of fused-ring (bicyclic) bond motifs is 1. The summed E-state index contributed by atoms with van der Waals surface area (Å²) in [5, 5.41) is 3.62. The summed E-state index contributed by atoms with van der Waals surface area (Å²) in [6.07, 6.45) is -0.105. The van der Waals surface area contributed by atoms with Gasteiger partial charge in [-0.3, -0.25) is 9.78 Å². The van der Waals surface area contributed by atoms with Crippen LogP contribution in [0.2, 0.25) is 0 Å². The van der Waals surface area contributed by atoms with Gasteiger partial charge in [0.25, 0.3) is 0 Å². The molecule has 5 nitrogen and oxygen atoms in total. The first-order valence-electron chi connectivity index (χ1n) is 11.4. The van der Waals surface area contributed by atoms with E-state index in [1.807, 2.05) is 0 Å². The van der Waals surface area contributed by atoms with Crippen molar-refractivity contribution in [2.24, 2.45) is 17.8 Å². The Kier molecular flexibility index (Phi) is 6.60. The molecule has 0 saturated carbocycles. The van der Waals surface area contributed by atoms with Gasteiger partial charge in [0.05, 0.1) is 17.0 Å². The zero-order valence-electron chi connectivity index (χ0n) is 18.7.